The SMILES string of the molecule is CC1=C(C)C(C)[C]([Zr+2]2([C]3=C(C)C(C)=C(C)C3C)[CH2][CH]2C)=C1C.[Cl-].[Cl-]. The van der Waals surface area contributed by atoms with Gasteiger partial charge >= 0.3 is 142 Å². The van der Waals surface area contributed by atoms with Gasteiger partial charge in [-0.15, -0.1) is 0 Å². The molecular formula is C21H32Cl2Zr. The van der Waals surface area contributed by atoms with E-state index in [2.05, 4.69) is 62.3 Å². The van der Waals surface area contributed by atoms with Crippen LogP contribution < -0.4 is 24.8 Å². The minimum atomic E-state index is -2.35. The minimum Gasteiger partial charge on any atom is -1.00 e. The van der Waals surface area contributed by atoms with Gasteiger partial charge in [-0.3, -0.25) is 0 Å². The first kappa shape index (κ1) is 22.5. The van der Waals surface area contributed by atoms with Crippen molar-refractivity contribution in [3.05, 3.63) is 40.0 Å². The predicted octanol–water partition coefficient (Wildman–Crippen LogP) is 0.909. The third-order valence-electron chi connectivity index (χ3n) is 7.55. The van der Waals surface area contributed by atoms with Crippen molar-refractivity contribution in [1.29, 1.82) is 0 Å². The number of hydrogen-bond donors (Lipinski definition) is 0. The molecule has 3 rings (SSSR count). The average Bonchev–Trinajstić information content (AvgIpc) is 3.03. The van der Waals surface area contributed by atoms with Crippen LogP contribution >= 0.6 is 0 Å². The molecule has 1 heterocycles. The second kappa shape index (κ2) is 7.21. The van der Waals surface area contributed by atoms with Gasteiger partial charge in [0.05, 0.1) is 0 Å². The van der Waals surface area contributed by atoms with Crippen LogP contribution in [0, 0.1) is 11.8 Å². The molecule has 0 aromatic carbocycles. The molecule has 0 saturated carbocycles. The van der Waals surface area contributed by atoms with Crippen molar-refractivity contribution in [3.8, 4) is 0 Å². The molecule has 3 atom stereocenters. The van der Waals surface area contributed by atoms with Crippen LogP contribution in [0.15, 0.2) is 40.0 Å². The number of halogens is 2. The summed E-state index contributed by atoms with van der Waals surface area (Å²) in [4.78, 5) is 0. The van der Waals surface area contributed by atoms with E-state index >= 15 is 0 Å². The van der Waals surface area contributed by atoms with Gasteiger partial charge in [0.15, 0.2) is 0 Å². The zero-order chi connectivity index (χ0) is 16.6. The van der Waals surface area contributed by atoms with Gasteiger partial charge in [-0.05, 0) is 0 Å². The maximum absolute atomic E-state index is 2.56. The van der Waals surface area contributed by atoms with Crippen molar-refractivity contribution >= 4 is 0 Å². The van der Waals surface area contributed by atoms with E-state index in [1.54, 1.807) is 37.6 Å². The van der Waals surface area contributed by atoms with Gasteiger partial charge in [-0.2, -0.15) is 0 Å². The summed E-state index contributed by atoms with van der Waals surface area (Å²) in [6.07, 6.45) is 0. The van der Waals surface area contributed by atoms with E-state index in [1.807, 2.05) is 6.56 Å². The fourth-order valence-corrected chi connectivity index (χ4v) is 24.0. The second-order valence-corrected chi connectivity index (χ2v) is 19.1. The first-order valence-corrected chi connectivity index (χ1v) is 14.6. The third-order valence-corrected chi connectivity index (χ3v) is 22.7. The molecule has 1 aliphatic heterocycles. The summed E-state index contributed by atoms with van der Waals surface area (Å²) in [5.41, 5.74) is 9.85. The van der Waals surface area contributed by atoms with E-state index in [9.17, 15) is 0 Å². The molecule has 0 radical (unpaired) electrons. The molecule has 1 saturated heterocycles. The molecule has 0 N–H and O–H groups in total. The Morgan fingerprint density at radius 1 is 0.625 bits per heavy atom. The van der Waals surface area contributed by atoms with Crippen LogP contribution in [0.5, 0.6) is 0 Å². The van der Waals surface area contributed by atoms with Crippen LogP contribution in [0.1, 0.15) is 62.3 Å². The molecule has 0 amide bonds. The van der Waals surface area contributed by atoms with Gasteiger partial charge in [0.2, 0.25) is 0 Å². The molecule has 1 fully saturated rings. The fourth-order valence-electron chi connectivity index (χ4n) is 5.49. The molecule has 134 valence electrons. The molecule has 24 heavy (non-hydrogen) atoms. The molecule has 0 aromatic heterocycles. The van der Waals surface area contributed by atoms with Crippen LogP contribution in [0.25, 0.3) is 0 Å². The molecule has 0 spiro atoms. The van der Waals surface area contributed by atoms with Crippen molar-refractivity contribution in [2.75, 3.05) is 0 Å². The van der Waals surface area contributed by atoms with E-state index in [0.29, 0.717) is 0 Å². The van der Waals surface area contributed by atoms with Crippen molar-refractivity contribution in [2.45, 2.75) is 70.1 Å². The van der Waals surface area contributed by atoms with E-state index in [-0.39, 0.29) is 24.8 Å². The molecule has 3 aliphatic rings. The molecule has 0 nitrogen and oxygen atoms in total. The van der Waals surface area contributed by atoms with E-state index in [1.165, 1.54) is 0 Å². The van der Waals surface area contributed by atoms with Gasteiger partial charge in [-0.1, -0.05) is 0 Å². The molecule has 0 bridgehead atoms. The standard InChI is InChI=1S/2C9H13.C3H6.2ClH.Zr/c2*1-6-5-7(2)9(4)8(6)3;1-3-2;;;/h2*6H,1-4H3;3H,1H2,2H3;2*1H;/q;;;;;+2/p-2. The van der Waals surface area contributed by atoms with Crippen LogP contribution in [-0.4, -0.2) is 0 Å². The van der Waals surface area contributed by atoms with E-state index in [4.69, 9.17) is 0 Å². The Bertz CT molecular complexity index is 639. The minimum absolute atomic E-state index is 0. The van der Waals surface area contributed by atoms with E-state index in [0.717, 1.165) is 15.5 Å². The zero-order valence-corrected chi connectivity index (χ0v) is 20.7. The molecule has 0 aromatic rings. The van der Waals surface area contributed by atoms with Gasteiger partial charge in [0.25, 0.3) is 0 Å². The van der Waals surface area contributed by atoms with Crippen LogP contribution in [0.4, 0.5) is 0 Å². The number of allylic oxidation sites excluding steroid dienone is 8. The van der Waals surface area contributed by atoms with Gasteiger partial charge in [0, 0.05) is 0 Å². The maximum atomic E-state index is 2.56. The molecular weight excluding hydrogens is 414 g/mol. The largest absolute Gasteiger partial charge is 1.00 e. The summed E-state index contributed by atoms with van der Waals surface area (Å²) < 4.78 is 6.48. The normalized spacial score (nSPS) is 33.0. The van der Waals surface area contributed by atoms with Crippen LogP contribution in [0.2, 0.25) is 7.75 Å². The first-order valence-electron chi connectivity index (χ1n) is 8.94. The molecule has 3 unspecified atom stereocenters. The summed E-state index contributed by atoms with van der Waals surface area (Å²) in [5.74, 6) is 1.43. The van der Waals surface area contributed by atoms with Gasteiger partial charge < -0.3 is 24.8 Å². The van der Waals surface area contributed by atoms with Crippen molar-refractivity contribution in [1.82, 2.24) is 0 Å². The second-order valence-electron chi connectivity index (χ2n) is 8.21. The smallest absolute Gasteiger partial charge is 1.00 e. The topological polar surface area (TPSA) is 0 Å². The Labute approximate surface area is 166 Å². The van der Waals surface area contributed by atoms with Gasteiger partial charge in [0.1, 0.15) is 0 Å². The summed E-state index contributed by atoms with van der Waals surface area (Å²) in [6, 6.07) is 0. The monoisotopic (exact) mass is 444 g/mol. The van der Waals surface area contributed by atoms with Crippen molar-refractivity contribution in [2.24, 2.45) is 11.8 Å². The quantitative estimate of drug-likeness (QED) is 0.592. The first-order chi connectivity index (χ1) is 10.2. The third kappa shape index (κ3) is 2.73. The van der Waals surface area contributed by atoms with Gasteiger partial charge in [-0.25, -0.2) is 0 Å². The fraction of sp³-hybridized carbons (Fsp3) is 0.619. The summed E-state index contributed by atoms with van der Waals surface area (Å²) in [6.45, 7) is 21.8. The summed E-state index contributed by atoms with van der Waals surface area (Å²) in [5, 5.41) is 0. The van der Waals surface area contributed by atoms with Crippen molar-refractivity contribution in [3.63, 3.8) is 0 Å². The summed E-state index contributed by atoms with van der Waals surface area (Å²) >= 11 is -2.35. The Morgan fingerprint density at radius 3 is 1.08 bits per heavy atom. The average molecular weight is 447 g/mol. The zero-order valence-electron chi connectivity index (χ0n) is 16.7. The molecule has 3 heteroatoms. The van der Waals surface area contributed by atoms with E-state index < -0.39 is 20.3 Å². The Balaban J connectivity index is 0.00000144. The Kier molecular flexibility index (Phi) is 6.75. The van der Waals surface area contributed by atoms with Crippen LogP contribution in [0.3, 0.4) is 0 Å². The maximum Gasteiger partial charge on any atom is -1.00 e. The number of rotatable bonds is 2. The predicted molar refractivity (Wildman–Crippen MR) is 94.7 cm³/mol. The number of hydrogen-bond acceptors (Lipinski definition) is 0. The summed E-state index contributed by atoms with van der Waals surface area (Å²) in [7, 11) is 0. The Hall–Kier alpha value is 0.423. The van der Waals surface area contributed by atoms with Crippen molar-refractivity contribution < 1.29 is 45.1 Å². The Morgan fingerprint density at radius 2 is 0.917 bits per heavy atom. The molecule has 2 aliphatic carbocycles. The van der Waals surface area contributed by atoms with Crippen LogP contribution in [-0.2, 0) is 20.3 Å².